The predicted octanol–water partition coefficient (Wildman–Crippen LogP) is 5.67. The van der Waals surface area contributed by atoms with Gasteiger partial charge in [-0.3, -0.25) is 0 Å². The molecule has 0 heterocycles. The van der Waals surface area contributed by atoms with Gasteiger partial charge in [0.2, 0.25) is 0 Å². The second-order valence-corrected chi connectivity index (χ2v) is 12.4. The van der Waals surface area contributed by atoms with Gasteiger partial charge in [0.05, 0.1) is 0 Å². The van der Waals surface area contributed by atoms with E-state index >= 15 is 0 Å². The molecule has 0 aliphatic heterocycles. The Morgan fingerprint density at radius 1 is 1.08 bits per heavy atom. The van der Waals surface area contributed by atoms with Gasteiger partial charge in [0, 0.05) is 11.1 Å². The minimum atomic E-state index is -4.73. The van der Waals surface area contributed by atoms with E-state index in [4.69, 9.17) is 4.43 Å². The van der Waals surface area contributed by atoms with E-state index < -0.39 is 20.6 Å². The van der Waals surface area contributed by atoms with E-state index in [1.54, 1.807) is 12.1 Å². The number of hydrogen-bond donors (Lipinski definition) is 1. The van der Waals surface area contributed by atoms with E-state index in [-0.39, 0.29) is 16.4 Å². The molecule has 1 aromatic rings. The van der Waals surface area contributed by atoms with Gasteiger partial charge in [-0.05, 0) is 32.0 Å². The minimum Gasteiger partial charge on any atom is -0.543 e. The Morgan fingerprint density at radius 3 is 1.92 bits per heavy atom. The topological polar surface area (TPSA) is 29.5 Å². The fraction of sp³-hybridized carbons (Fsp3) is 0.556. The van der Waals surface area contributed by atoms with Crippen molar-refractivity contribution in [1.29, 1.82) is 0 Å². The average molecular weight is 360 g/mol. The summed E-state index contributed by atoms with van der Waals surface area (Å²) >= 11 is 0. The number of hydrogen-bond acceptors (Lipinski definition) is 2. The molecule has 0 radical (unpaired) electrons. The van der Waals surface area contributed by atoms with Crippen molar-refractivity contribution in [2.45, 2.75) is 65.0 Å². The maximum Gasteiger partial charge on any atom is 0.418 e. The Kier molecular flexibility index (Phi) is 5.99. The van der Waals surface area contributed by atoms with Crippen LogP contribution in [0.15, 0.2) is 29.8 Å². The molecule has 0 amide bonds. The molecule has 0 bridgehead atoms. The zero-order valence-electron chi connectivity index (χ0n) is 15.4. The SMILES string of the molecule is C/C(=C(/O[Si](C)(C)C(C)(C)C)c1ccc(C)cc1)[C@@H](O)C(F)(F)F. The quantitative estimate of drug-likeness (QED) is 0.554. The van der Waals surface area contributed by atoms with Crippen LogP contribution in [0.4, 0.5) is 13.2 Å². The fourth-order valence-electron chi connectivity index (χ4n) is 1.85. The highest BCUT2D eigenvalue weighted by molar-refractivity contribution is 6.74. The Labute approximate surface area is 143 Å². The lowest BCUT2D eigenvalue weighted by Gasteiger charge is -2.38. The highest BCUT2D eigenvalue weighted by Crippen LogP contribution is 2.41. The highest BCUT2D eigenvalue weighted by Gasteiger charge is 2.43. The number of aliphatic hydroxyl groups excluding tert-OH is 1. The third-order valence-electron chi connectivity index (χ3n) is 4.56. The van der Waals surface area contributed by atoms with Crippen LogP contribution in [-0.4, -0.2) is 25.7 Å². The second kappa shape index (κ2) is 6.92. The van der Waals surface area contributed by atoms with Gasteiger partial charge in [-0.15, -0.1) is 0 Å². The first-order chi connectivity index (χ1) is 10.7. The van der Waals surface area contributed by atoms with Crippen LogP contribution in [0.1, 0.15) is 38.8 Å². The molecule has 1 aromatic carbocycles. The summed E-state index contributed by atoms with van der Waals surface area (Å²) in [7, 11) is -2.37. The largest absolute Gasteiger partial charge is 0.543 e. The van der Waals surface area contributed by atoms with Crippen LogP contribution >= 0.6 is 0 Å². The van der Waals surface area contributed by atoms with E-state index in [9.17, 15) is 18.3 Å². The molecule has 1 atom stereocenters. The second-order valence-electron chi connectivity index (χ2n) is 7.68. The van der Waals surface area contributed by atoms with Crippen molar-refractivity contribution in [2.24, 2.45) is 0 Å². The number of halogens is 3. The van der Waals surface area contributed by atoms with Gasteiger partial charge in [-0.2, -0.15) is 13.2 Å². The van der Waals surface area contributed by atoms with Gasteiger partial charge in [0.15, 0.2) is 6.10 Å². The molecule has 0 aliphatic carbocycles. The third-order valence-corrected chi connectivity index (χ3v) is 8.88. The van der Waals surface area contributed by atoms with Gasteiger partial charge >= 0.3 is 6.18 Å². The molecular weight excluding hydrogens is 333 g/mol. The van der Waals surface area contributed by atoms with Crippen molar-refractivity contribution < 1.29 is 22.7 Å². The number of aliphatic hydroxyl groups is 1. The lowest BCUT2D eigenvalue weighted by molar-refractivity contribution is -0.191. The zero-order chi connectivity index (χ0) is 18.9. The van der Waals surface area contributed by atoms with Gasteiger partial charge in [-0.25, -0.2) is 0 Å². The van der Waals surface area contributed by atoms with Gasteiger partial charge < -0.3 is 9.53 Å². The number of rotatable bonds is 4. The predicted molar refractivity (Wildman–Crippen MR) is 94.1 cm³/mol. The zero-order valence-corrected chi connectivity index (χ0v) is 16.4. The molecule has 0 saturated carbocycles. The van der Waals surface area contributed by atoms with Crippen LogP contribution in [0.5, 0.6) is 0 Å². The molecule has 0 unspecified atom stereocenters. The molecule has 0 fully saturated rings. The summed E-state index contributed by atoms with van der Waals surface area (Å²) in [4.78, 5) is 0. The first kappa shape index (κ1) is 20.8. The first-order valence-corrected chi connectivity index (χ1v) is 10.8. The summed E-state index contributed by atoms with van der Waals surface area (Å²) in [5, 5.41) is 9.52. The molecule has 1 rings (SSSR count). The number of benzene rings is 1. The molecule has 0 saturated heterocycles. The maximum absolute atomic E-state index is 13.0. The monoisotopic (exact) mass is 360 g/mol. The summed E-state index contributed by atoms with van der Waals surface area (Å²) < 4.78 is 45.1. The molecule has 0 spiro atoms. The lowest BCUT2D eigenvalue weighted by Crippen LogP contribution is -2.41. The lowest BCUT2D eigenvalue weighted by atomic mass is 10.0. The summed E-state index contributed by atoms with van der Waals surface area (Å²) in [6.45, 7) is 13.2. The van der Waals surface area contributed by atoms with Crippen LogP contribution in [0.25, 0.3) is 5.76 Å². The van der Waals surface area contributed by atoms with Crippen molar-refractivity contribution >= 4 is 14.1 Å². The van der Waals surface area contributed by atoms with Crippen LogP contribution in [0, 0.1) is 6.92 Å². The standard InChI is InChI=1S/C18H27F3O2Si/c1-12-8-10-14(11-9-12)15(13(2)16(22)18(19,20)21)23-24(6,7)17(3,4)5/h8-11,16,22H,1-7H3/b15-13-/t16-/m1/s1. The minimum absolute atomic E-state index is 0.131. The molecule has 1 N–H and O–H groups in total. The smallest absolute Gasteiger partial charge is 0.418 e. The summed E-state index contributed by atoms with van der Waals surface area (Å²) in [6, 6.07) is 7.09. The summed E-state index contributed by atoms with van der Waals surface area (Å²) in [6.07, 6.45) is -7.27. The Morgan fingerprint density at radius 2 is 1.54 bits per heavy atom. The van der Waals surface area contributed by atoms with Gasteiger partial charge in [-0.1, -0.05) is 50.6 Å². The number of alkyl halides is 3. The molecule has 0 aliphatic rings. The van der Waals surface area contributed by atoms with Crippen molar-refractivity contribution in [1.82, 2.24) is 0 Å². The Hall–Kier alpha value is -1.27. The molecule has 24 heavy (non-hydrogen) atoms. The third kappa shape index (κ3) is 4.86. The first-order valence-electron chi connectivity index (χ1n) is 7.88. The van der Waals surface area contributed by atoms with E-state index in [1.807, 2.05) is 52.9 Å². The van der Waals surface area contributed by atoms with Crippen molar-refractivity contribution in [3.63, 3.8) is 0 Å². The summed E-state index contributed by atoms with van der Waals surface area (Å²) in [5.41, 5.74) is 1.34. The van der Waals surface area contributed by atoms with Crippen molar-refractivity contribution in [3.05, 3.63) is 41.0 Å². The van der Waals surface area contributed by atoms with E-state index in [0.717, 1.165) is 5.56 Å². The number of aryl methyl sites for hydroxylation is 1. The van der Waals surface area contributed by atoms with E-state index in [0.29, 0.717) is 5.56 Å². The van der Waals surface area contributed by atoms with Gasteiger partial charge in [0.25, 0.3) is 8.32 Å². The molecule has 6 heteroatoms. The van der Waals surface area contributed by atoms with Crippen LogP contribution in [0.3, 0.4) is 0 Å². The van der Waals surface area contributed by atoms with Crippen molar-refractivity contribution in [3.8, 4) is 0 Å². The Bertz CT molecular complexity index is 596. The van der Waals surface area contributed by atoms with Crippen molar-refractivity contribution in [2.75, 3.05) is 0 Å². The Balaban J connectivity index is 3.45. The fourth-order valence-corrected chi connectivity index (χ4v) is 2.95. The average Bonchev–Trinajstić information content (AvgIpc) is 2.42. The molecule has 0 aromatic heterocycles. The molecule has 2 nitrogen and oxygen atoms in total. The van der Waals surface area contributed by atoms with Gasteiger partial charge in [0.1, 0.15) is 5.76 Å². The van der Waals surface area contributed by atoms with E-state index in [1.165, 1.54) is 6.92 Å². The highest BCUT2D eigenvalue weighted by atomic mass is 28.4. The maximum atomic E-state index is 13.0. The molecule has 136 valence electrons. The summed E-state index contributed by atoms with van der Waals surface area (Å²) in [5.74, 6) is 0.131. The normalized spacial score (nSPS) is 15.8. The van der Waals surface area contributed by atoms with E-state index in [2.05, 4.69) is 0 Å². The van der Waals surface area contributed by atoms with Crippen LogP contribution in [0.2, 0.25) is 18.1 Å². The van der Waals surface area contributed by atoms with Crippen LogP contribution in [-0.2, 0) is 4.43 Å². The van der Waals surface area contributed by atoms with Crippen LogP contribution < -0.4 is 0 Å². The molecular formula is C18H27F3O2Si.